The Labute approximate surface area is 102 Å². The number of sulfone groups is 1. The number of rotatable bonds is 3. The summed E-state index contributed by atoms with van der Waals surface area (Å²) in [5, 5.41) is 1.55. The molecule has 0 fully saturated rings. The number of hydrogen-bond acceptors (Lipinski definition) is 3. The topological polar surface area (TPSA) is 63.2 Å². The van der Waals surface area contributed by atoms with Crippen molar-refractivity contribution in [2.24, 2.45) is 0 Å². The van der Waals surface area contributed by atoms with Crippen molar-refractivity contribution in [2.45, 2.75) is 18.0 Å². The molecule has 0 spiro atoms. The van der Waals surface area contributed by atoms with Crippen LogP contribution in [0.1, 0.15) is 6.92 Å². The molecule has 0 aliphatic heterocycles. The minimum absolute atomic E-state index is 0.272. The first-order chi connectivity index (χ1) is 8.18. The molecule has 100 valence electrons. The molecular weight excluding hydrogens is 271 g/mol. The second-order valence-electron chi connectivity index (χ2n) is 3.35. The molecule has 0 aliphatic carbocycles. The van der Waals surface area contributed by atoms with Crippen LogP contribution in [-0.2, 0) is 14.6 Å². The highest BCUT2D eigenvalue weighted by molar-refractivity contribution is 7.91. The third-order valence-electron chi connectivity index (χ3n) is 2.11. The Morgan fingerprint density at radius 1 is 1.28 bits per heavy atom. The smallest absolute Gasteiger partial charge is 0.317 e. The minimum Gasteiger partial charge on any atom is -0.317 e. The van der Waals surface area contributed by atoms with Gasteiger partial charge >= 0.3 is 12.1 Å². The Hall–Kier alpha value is -1.57. The average Bonchev–Trinajstić information content (AvgIpc) is 2.28. The summed E-state index contributed by atoms with van der Waals surface area (Å²) in [7, 11) is -3.70. The third kappa shape index (κ3) is 3.22. The van der Waals surface area contributed by atoms with Gasteiger partial charge in [-0.15, -0.1) is 0 Å². The van der Waals surface area contributed by atoms with Gasteiger partial charge in [0.15, 0.2) is 9.84 Å². The molecule has 0 heterocycles. The van der Waals surface area contributed by atoms with Crippen molar-refractivity contribution in [3.8, 4) is 0 Å². The largest absolute Gasteiger partial charge is 0.471 e. The first-order valence-corrected chi connectivity index (χ1v) is 6.53. The Bertz CT molecular complexity index is 552. The fourth-order valence-corrected chi connectivity index (χ4v) is 2.24. The van der Waals surface area contributed by atoms with E-state index >= 15 is 0 Å². The normalized spacial score (nSPS) is 12.2. The molecule has 0 aliphatic rings. The van der Waals surface area contributed by atoms with E-state index in [2.05, 4.69) is 0 Å². The van der Waals surface area contributed by atoms with E-state index in [1.807, 2.05) is 0 Å². The number of amides is 1. The third-order valence-corrected chi connectivity index (χ3v) is 3.89. The van der Waals surface area contributed by atoms with Gasteiger partial charge in [-0.1, -0.05) is 19.1 Å². The fraction of sp³-hybridized carbons (Fsp3) is 0.300. The summed E-state index contributed by atoms with van der Waals surface area (Å²) in [6.07, 6.45) is -5.07. The van der Waals surface area contributed by atoms with Crippen LogP contribution in [-0.4, -0.2) is 26.3 Å². The quantitative estimate of drug-likeness (QED) is 0.921. The van der Waals surface area contributed by atoms with Gasteiger partial charge < -0.3 is 5.32 Å². The van der Waals surface area contributed by atoms with Crippen LogP contribution in [0.5, 0.6) is 0 Å². The molecule has 1 amide bonds. The summed E-state index contributed by atoms with van der Waals surface area (Å²) in [6, 6.07) is 4.95. The fourth-order valence-electron chi connectivity index (χ4n) is 1.19. The Kier molecular flexibility index (Phi) is 4.00. The van der Waals surface area contributed by atoms with E-state index in [4.69, 9.17) is 0 Å². The number of nitrogens with one attached hydrogen (secondary N) is 1. The van der Waals surface area contributed by atoms with Crippen molar-refractivity contribution >= 4 is 21.4 Å². The second-order valence-corrected chi connectivity index (χ2v) is 5.60. The molecule has 1 aromatic rings. The highest BCUT2D eigenvalue weighted by Gasteiger charge is 2.39. The highest BCUT2D eigenvalue weighted by atomic mass is 32.2. The van der Waals surface area contributed by atoms with Crippen molar-refractivity contribution in [3.63, 3.8) is 0 Å². The molecule has 0 saturated carbocycles. The van der Waals surface area contributed by atoms with Crippen LogP contribution in [0, 0.1) is 0 Å². The molecule has 8 heteroatoms. The van der Waals surface area contributed by atoms with E-state index in [9.17, 15) is 26.4 Å². The van der Waals surface area contributed by atoms with E-state index in [0.29, 0.717) is 0 Å². The van der Waals surface area contributed by atoms with Crippen LogP contribution < -0.4 is 5.32 Å². The van der Waals surface area contributed by atoms with Gasteiger partial charge in [-0.3, -0.25) is 4.79 Å². The molecule has 1 N–H and O–H groups in total. The molecule has 0 aromatic heterocycles. The van der Waals surface area contributed by atoms with Gasteiger partial charge in [0.05, 0.1) is 16.3 Å². The van der Waals surface area contributed by atoms with Gasteiger partial charge in [0, 0.05) is 0 Å². The number of para-hydroxylation sites is 1. The Balaban J connectivity index is 3.16. The van der Waals surface area contributed by atoms with Crippen LogP contribution in [0.3, 0.4) is 0 Å². The lowest BCUT2D eigenvalue weighted by Gasteiger charge is -2.11. The lowest BCUT2D eigenvalue weighted by molar-refractivity contribution is -0.167. The summed E-state index contributed by atoms with van der Waals surface area (Å²) in [5.41, 5.74) is -0.373. The molecule has 0 bridgehead atoms. The molecule has 1 aromatic carbocycles. The van der Waals surface area contributed by atoms with Crippen molar-refractivity contribution in [1.29, 1.82) is 0 Å². The minimum atomic E-state index is -5.07. The van der Waals surface area contributed by atoms with Gasteiger partial charge in [-0.2, -0.15) is 13.2 Å². The van der Waals surface area contributed by atoms with Crippen LogP contribution in [0.25, 0.3) is 0 Å². The van der Waals surface area contributed by atoms with Gasteiger partial charge in [0.1, 0.15) is 0 Å². The van der Waals surface area contributed by atoms with E-state index in [1.165, 1.54) is 19.1 Å². The zero-order valence-electron chi connectivity index (χ0n) is 9.28. The maximum atomic E-state index is 12.1. The SMILES string of the molecule is CCS(=O)(=O)c1ccccc1NC(=O)C(F)(F)F. The number of carbonyl (C=O) groups excluding carboxylic acids is 1. The number of benzene rings is 1. The predicted molar refractivity (Wildman–Crippen MR) is 58.9 cm³/mol. The Morgan fingerprint density at radius 2 is 1.83 bits per heavy atom. The first kappa shape index (κ1) is 14.5. The van der Waals surface area contributed by atoms with E-state index < -0.39 is 21.9 Å². The maximum absolute atomic E-state index is 12.1. The summed E-state index contributed by atoms with van der Waals surface area (Å²) < 4.78 is 59.5. The zero-order valence-corrected chi connectivity index (χ0v) is 10.1. The second kappa shape index (κ2) is 4.97. The van der Waals surface area contributed by atoms with E-state index in [0.717, 1.165) is 12.1 Å². The van der Waals surface area contributed by atoms with E-state index in [1.54, 1.807) is 5.32 Å². The maximum Gasteiger partial charge on any atom is 0.471 e. The Morgan fingerprint density at radius 3 is 2.33 bits per heavy atom. The molecule has 18 heavy (non-hydrogen) atoms. The van der Waals surface area contributed by atoms with Crippen molar-refractivity contribution in [1.82, 2.24) is 0 Å². The summed E-state index contributed by atoms with van der Waals surface area (Å²) in [6.45, 7) is 1.36. The predicted octanol–water partition coefficient (Wildman–Crippen LogP) is 1.98. The molecule has 0 radical (unpaired) electrons. The first-order valence-electron chi connectivity index (χ1n) is 4.88. The lowest BCUT2D eigenvalue weighted by Crippen LogP contribution is -2.30. The average molecular weight is 281 g/mol. The highest BCUT2D eigenvalue weighted by Crippen LogP contribution is 2.24. The molecule has 0 saturated heterocycles. The standard InChI is InChI=1S/C10H10F3NO3S/c1-2-18(16,17)8-6-4-3-5-7(8)14-9(15)10(11,12)13/h3-6H,2H2,1H3,(H,14,15). The van der Waals surface area contributed by atoms with Crippen molar-refractivity contribution < 1.29 is 26.4 Å². The molecule has 1 rings (SSSR count). The van der Waals surface area contributed by atoms with Crippen LogP contribution in [0.15, 0.2) is 29.2 Å². The summed E-state index contributed by atoms with van der Waals surface area (Å²) in [4.78, 5) is 10.4. The number of hydrogen-bond donors (Lipinski definition) is 1. The van der Waals surface area contributed by atoms with Gasteiger partial charge in [0.25, 0.3) is 0 Å². The summed E-state index contributed by atoms with van der Waals surface area (Å²) >= 11 is 0. The molecule has 0 unspecified atom stereocenters. The van der Waals surface area contributed by atoms with Crippen molar-refractivity contribution in [2.75, 3.05) is 11.1 Å². The van der Waals surface area contributed by atoms with Crippen molar-refractivity contribution in [3.05, 3.63) is 24.3 Å². The van der Waals surface area contributed by atoms with Crippen LogP contribution in [0.4, 0.5) is 18.9 Å². The number of halogens is 3. The molecular formula is C10H10F3NO3S. The molecule has 4 nitrogen and oxygen atoms in total. The number of anilines is 1. The monoisotopic (exact) mass is 281 g/mol. The lowest BCUT2D eigenvalue weighted by atomic mass is 10.3. The van der Waals surface area contributed by atoms with E-state index in [-0.39, 0.29) is 16.3 Å². The van der Waals surface area contributed by atoms with Gasteiger partial charge in [0.2, 0.25) is 0 Å². The molecule has 0 atom stereocenters. The van der Waals surface area contributed by atoms with Gasteiger partial charge in [-0.25, -0.2) is 8.42 Å². The summed E-state index contributed by atoms with van der Waals surface area (Å²) in [5.74, 6) is -2.48. The van der Waals surface area contributed by atoms with Gasteiger partial charge in [-0.05, 0) is 12.1 Å². The van der Waals surface area contributed by atoms with Crippen LogP contribution in [0.2, 0.25) is 0 Å². The number of carbonyl (C=O) groups is 1. The zero-order chi connectivity index (χ0) is 14.0. The van der Waals surface area contributed by atoms with Crippen LogP contribution >= 0.6 is 0 Å². The number of alkyl halides is 3.